The number of amides is 1. The Bertz CT molecular complexity index is 806. The molecule has 3 aliphatic carbocycles. The average molecular weight is 290 g/mol. The summed E-state index contributed by atoms with van der Waals surface area (Å²) < 4.78 is 0. The summed E-state index contributed by atoms with van der Waals surface area (Å²) in [7, 11) is 4.03. The van der Waals surface area contributed by atoms with Crippen LogP contribution in [0, 0.1) is 0 Å². The maximum atomic E-state index is 12.5. The highest BCUT2D eigenvalue weighted by Gasteiger charge is 2.35. The van der Waals surface area contributed by atoms with Crippen molar-refractivity contribution >= 4 is 11.6 Å². The highest BCUT2D eigenvalue weighted by Crippen LogP contribution is 2.51. The van der Waals surface area contributed by atoms with Crippen LogP contribution in [0.15, 0.2) is 70.4 Å². The minimum atomic E-state index is 0.00793. The predicted octanol–water partition coefficient (Wildman–Crippen LogP) is 2.88. The van der Waals surface area contributed by atoms with Crippen LogP contribution in [-0.2, 0) is 11.3 Å². The van der Waals surface area contributed by atoms with E-state index in [1.54, 1.807) is 0 Å². The zero-order valence-electron chi connectivity index (χ0n) is 12.8. The van der Waals surface area contributed by atoms with Crippen LogP contribution in [-0.4, -0.2) is 20.0 Å². The molecule has 1 saturated carbocycles. The van der Waals surface area contributed by atoms with Crippen LogP contribution in [0.5, 0.6) is 0 Å². The van der Waals surface area contributed by atoms with Gasteiger partial charge in [0.1, 0.15) is 0 Å². The van der Waals surface area contributed by atoms with E-state index in [9.17, 15) is 4.79 Å². The topological polar surface area (TPSA) is 32.3 Å². The zero-order chi connectivity index (χ0) is 15.3. The minimum Gasteiger partial charge on any atom is -0.377 e. The molecule has 0 aliphatic heterocycles. The van der Waals surface area contributed by atoms with E-state index in [0.29, 0.717) is 6.54 Å². The number of hydrogen-bond donors (Lipinski definition) is 1. The van der Waals surface area contributed by atoms with Crippen molar-refractivity contribution < 1.29 is 4.79 Å². The molecule has 1 aromatic carbocycles. The summed E-state index contributed by atoms with van der Waals surface area (Å²) in [6.07, 6.45) is 7.28. The molecule has 0 atom stereocenters. The van der Waals surface area contributed by atoms with Gasteiger partial charge < -0.3 is 10.2 Å². The third kappa shape index (κ3) is 2.01. The molecule has 1 N–H and O–H groups in total. The number of fused-ring (bicyclic) bond motifs is 2. The highest BCUT2D eigenvalue weighted by molar-refractivity contribution is 6.01. The van der Waals surface area contributed by atoms with E-state index in [1.807, 2.05) is 32.3 Å². The summed E-state index contributed by atoms with van der Waals surface area (Å²) >= 11 is 0. The van der Waals surface area contributed by atoms with E-state index < -0.39 is 0 Å². The third-order valence-electron chi connectivity index (χ3n) is 4.43. The summed E-state index contributed by atoms with van der Waals surface area (Å²) in [5.41, 5.74) is 8.24. The van der Waals surface area contributed by atoms with Gasteiger partial charge >= 0.3 is 0 Å². The van der Waals surface area contributed by atoms with Gasteiger partial charge in [-0.25, -0.2) is 0 Å². The Morgan fingerprint density at radius 3 is 2.82 bits per heavy atom. The Morgan fingerprint density at radius 1 is 1.18 bits per heavy atom. The molecule has 0 heterocycles. The second-order valence-electron chi connectivity index (χ2n) is 6.11. The summed E-state index contributed by atoms with van der Waals surface area (Å²) in [5.74, 6) is 0.00793. The fraction of sp³-hybridized carbons (Fsp3) is 0.211. The molecule has 22 heavy (non-hydrogen) atoms. The zero-order valence-corrected chi connectivity index (χ0v) is 12.8. The SMILES string of the molecule is CN(C)c1ccccc1CNC(=O)C1=C2C=C3CC3=C2C=C1. The van der Waals surface area contributed by atoms with Gasteiger partial charge in [-0.05, 0) is 52.5 Å². The maximum absolute atomic E-state index is 12.5. The lowest BCUT2D eigenvalue weighted by molar-refractivity contribution is -0.117. The molecule has 0 radical (unpaired) electrons. The summed E-state index contributed by atoms with van der Waals surface area (Å²) in [6.45, 7) is 0.542. The molecule has 0 aromatic heterocycles. The second kappa shape index (κ2) is 4.73. The Kier molecular flexibility index (Phi) is 2.83. The molecule has 1 amide bonds. The van der Waals surface area contributed by atoms with Gasteiger partial charge in [0.05, 0.1) is 0 Å². The van der Waals surface area contributed by atoms with E-state index in [4.69, 9.17) is 0 Å². The van der Waals surface area contributed by atoms with Crippen LogP contribution in [0.3, 0.4) is 0 Å². The van der Waals surface area contributed by atoms with Crippen LogP contribution < -0.4 is 10.2 Å². The van der Waals surface area contributed by atoms with Crippen molar-refractivity contribution in [2.75, 3.05) is 19.0 Å². The molecule has 3 heteroatoms. The number of anilines is 1. The van der Waals surface area contributed by atoms with Gasteiger partial charge in [0.25, 0.3) is 5.91 Å². The number of nitrogens with zero attached hydrogens (tertiary/aromatic N) is 1. The van der Waals surface area contributed by atoms with Crippen molar-refractivity contribution in [1.29, 1.82) is 0 Å². The molecule has 3 aliphatic rings. The minimum absolute atomic E-state index is 0.00793. The van der Waals surface area contributed by atoms with Crippen LogP contribution in [0.1, 0.15) is 12.0 Å². The Hall–Kier alpha value is -2.55. The van der Waals surface area contributed by atoms with Crippen molar-refractivity contribution in [2.45, 2.75) is 13.0 Å². The van der Waals surface area contributed by atoms with Crippen LogP contribution in [0.2, 0.25) is 0 Å². The molecule has 0 saturated heterocycles. The molecule has 1 aromatic rings. The molecule has 4 rings (SSSR count). The van der Waals surface area contributed by atoms with Gasteiger partial charge in [-0.2, -0.15) is 0 Å². The number of allylic oxidation sites excluding steroid dienone is 6. The molecule has 1 fully saturated rings. The quantitative estimate of drug-likeness (QED) is 0.925. The number of rotatable bonds is 4. The number of hydrogen-bond acceptors (Lipinski definition) is 2. The fourth-order valence-electron chi connectivity index (χ4n) is 3.20. The lowest BCUT2D eigenvalue weighted by Crippen LogP contribution is -2.25. The summed E-state index contributed by atoms with van der Waals surface area (Å²) in [5, 5.41) is 3.05. The van der Waals surface area contributed by atoms with Gasteiger partial charge in [0.15, 0.2) is 0 Å². The van der Waals surface area contributed by atoms with Crippen molar-refractivity contribution in [1.82, 2.24) is 5.32 Å². The van der Waals surface area contributed by atoms with E-state index in [0.717, 1.165) is 28.8 Å². The number of carbonyl (C=O) groups excluding carboxylic acids is 1. The van der Waals surface area contributed by atoms with E-state index >= 15 is 0 Å². The van der Waals surface area contributed by atoms with Gasteiger partial charge in [0.2, 0.25) is 0 Å². The molecular formula is C19H18N2O. The smallest absolute Gasteiger partial charge is 0.252 e. The lowest BCUT2D eigenvalue weighted by Gasteiger charge is -2.17. The average Bonchev–Trinajstić information content (AvgIpc) is 3.00. The first-order valence-electron chi connectivity index (χ1n) is 7.55. The van der Waals surface area contributed by atoms with Crippen LogP contribution in [0.25, 0.3) is 0 Å². The van der Waals surface area contributed by atoms with Crippen molar-refractivity contribution in [3.8, 4) is 0 Å². The van der Waals surface area contributed by atoms with Crippen molar-refractivity contribution in [3.63, 3.8) is 0 Å². The molecule has 0 bridgehead atoms. The predicted molar refractivity (Wildman–Crippen MR) is 88.5 cm³/mol. The van der Waals surface area contributed by atoms with E-state index in [2.05, 4.69) is 34.5 Å². The lowest BCUT2D eigenvalue weighted by atomic mass is 10.1. The fourth-order valence-corrected chi connectivity index (χ4v) is 3.20. The monoisotopic (exact) mass is 290 g/mol. The van der Waals surface area contributed by atoms with Gasteiger partial charge in [0, 0.05) is 31.9 Å². The molecular weight excluding hydrogens is 272 g/mol. The maximum Gasteiger partial charge on any atom is 0.252 e. The molecule has 110 valence electrons. The summed E-state index contributed by atoms with van der Waals surface area (Å²) in [6, 6.07) is 8.14. The van der Waals surface area contributed by atoms with Crippen molar-refractivity contribution in [3.05, 3.63) is 75.9 Å². The normalized spacial score (nSPS) is 17.5. The molecule has 3 nitrogen and oxygen atoms in total. The number of benzene rings is 1. The van der Waals surface area contributed by atoms with Crippen molar-refractivity contribution in [2.24, 2.45) is 0 Å². The molecule has 0 spiro atoms. The highest BCUT2D eigenvalue weighted by atomic mass is 16.1. The third-order valence-corrected chi connectivity index (χ3v) is 4.43. The Morgan fingerprint density at radius 2 is 2.00 bits per heavy atom. The first-order valence-corrected chi connectivity index (χ1v) is 7.55. The molecule has 0 unspecified atom stereocenters. The number of para-hydroxylation sites is 1. The first-order chi connectivity index (χ1) is 10.6. The largest absolute Gasteiger partial charge is 0.377 e. The Balaban J connectivity index is 1.51. The Labute approximate surface area is 130 Å². The van der Waals surface area contributed by atoms with E-state index in [1.165, 1.54) is 16.7 Å². The standard InChI is InChI=1S/C19H18N2O/c1-21(2)18-6-4-3-5-12(18)11-20-19(22)15-8-7-14-16-9-13(16)10-17(14)15/h3-8,10H,9,11H2,1-2H3,(H,20,22). The van der Waals surface area contributed by atoms with Gasteiger partial charge in [-0.15, -0.1) is 0 Å². The van der Waals surface area contributed by atoms with E-state index in [-0.39, 0.29) is 5.91 Å². The number of carbonyl (C=O) groups is 1. The van der Waals surface area contributed by atoms with Crippen LogP contribution in [0.4, 0.5) is 5.69 Å². The first kappa shape index (κ1) is 13.1. The number of nitrogens with one attached hydrogen (secondary N) is 1. The van der Waals surface area contributed by atoms with Crippen LogP contribution >= 0.6 is 0 Å². The van der Waals surface area contributed by atoms with Gasteiger partial charge in [-0.1, -0.05) is 24.3 Å². The van der Waals surface area contributed by atoms with Gasteiger partial charge in [-0.3, -0.25) is 4.79 Å². The second-order valence-corrected chi connectivity index (χ2v) is 6.11. The summed E-state index contributed by atoms with van der Waals surface area (Å²) in [4.78, 5) is 14.5.